The molecule has 2 amide bonds. The van der Waals surface area contributed by atoms with E-state index in [9.17, 15) is 4.79 Å². The standard InChI is InChI=1S/C19H24N2O2/c1-13-9-14(2)18(15(3)10-13)12-21-19(22)20-11-16-5-7-17(23-4)8-6-16/h5-10H,11-12H2,1-4H3,(H2,20,21,22). The van der Waals surface area contributed by atoms with Gasteiger partial charge in [-0.1, -0.05) is 29.8 Å². The number of aryl methyl sites for hydroxylation is 3. The van der Waals surface area contributed by atoms with Crippen molar-refractivity contribution in [2.45, 2.75) is 33.9 Å². The van der Waals surface area contributed by atoms with E-state index >= 15 is 0 Å². The summed E-state index contributed by atoms with van der Waals surface area (Å²) in [6, 6.07) is 11.8. The molecule has 0 bridgehead atoms. The lowest BCUT2D eigenvalue weighted by Crippen LogP contribution is -2.34. The summed E-state index contributed by atoms with van der Waals surface area (Å²) in [5.41, 5.74) is 5.86. The Morgan fingerprint density at radius 3 is 2.09 bits per heavy atom. The minimum absolute atomic E-state index is 0.166. The fourth-order valence-electron chi connectivity index (χ4n) is 2.65. The summed E-state index contributed by atoms with van der Waals surface area (Å²) in [5, 5.41) is 5.78. The van der Waals surface area contributed by atoms with Crippen LogP contribution < -0.4 is 15.4 Å². The first kappa shape index (κ1) is 16.9. The van der Waals surface area contributed by atoms with Crippen molar-refractivity contribution in [2.24, 2.45) is 0 Å². The zero-order valence-electron chi connectivity index (χ0n) is 14.2. The van der Waals surface area contributed by atoms with Crippen molar-refractivity contribution in [2.75, 3.05) is 7.11 Å². The number of amides is 2. The number of benzene rings is 2. The maximum Gasteiger partial charge on any atom is 0.315 e. The second-order valence-corrected chi connectivity index (χ2v) is 5.76. The van der Waals surface area contributed by atoms with Gasteiger partial charge in [0, 0.05) is 13.1 Å². The van der Waals surface area contributed by atoms with E-state index in [1.54, 1.807) is 7.11 Å². The molecule has 2 N–H and O–H groups in total. The molecule has 4 heteroatoms. The van der Waals surface area contributed by atoms with Crippen LogP contribution in [0.3, 0.4) is 0 Å². The first-order valence-corrected chi connectivity index (χ1v) is 7.71. The summed E-state index contributed by atoms with van der Waals surface area (Å²) in [4.78, 5) is 12.0. The van der Waals surface area contributed by atoms with Gasteiger partial charge in [0.2, 0.25) is 0 Å². The third-order valence-corrected chi connectivity index (χ3v) is 3.88. The van der Waals surface area contributed by atoms with Gasteiger partial charge in [-0.3, -0.25) is 0 Å². The van der Waals surface area contributed by atoms with Crippen molar-refractivity contribution in [3.63, 3.8) is 0 Å². The van der Waals surface area contributed by atoms with Gasteiger partial charge in [-0.2, -0.15) is 0 Å². The number of ether oxygens (including phenoxy) is 1. The number of methoxy groups -OCH3 is 1. The quantitative estimate of drug-likeness (QED) is 0.886. The highest BCUT2D eigenvalue weighted by molar-refractivity contribution is 5.73. The normalized spacial score (nSPS) is 10.3. The molecular weight excluding hydrogens is 288 g/mol. The molecular formula is C19H24N2O2. The molecule has 0 fully saturated rings. The van der Waals surface area contributed by atoms with E-state index in [1.165, 1.54) is 22.3 Å². The number of rotatable bonds is 5. The first-order valence-electron chi connectivity index (χ1n) is 7.71. The Morgan fingerprint density at radius 2 is 1.52 bits per heavy atom. The molecule has 0 spiro atoms. The average molecular weight is 312 g/mol. The lowest BCUT2D eigenvalue weighted by atomic mass is 10.00. The van der Waals surface area contributed by atoms with Gasteiger partial charge >= 0.3 is 6.03 Å². The van der Waals surface area contributed by atoms with Crippen molar-refractivity contribution in [3.05, 3.63) is 64.2 Å². The lowest BCUT2D eigenvalue weighted by Gasteiger charge is -2.13. The Morgan fingerprint density at radius 1 is 0.957 bits per heavy atom. The van der Waals surface area contributed by atoms with E-state index in [0.29, 0.717) is 13.1 Å². The summed E-state index contributed by atoms with van der Waals surface area (Å²) in [5.74, 6) is 0.809. The predicted molar refractivity (Wildman–Crippen MR) is 92.7 cm³/mol. The maximum atomic E-state index is 12.0. The molecule has 0 atom stereocenters. The second kappa shape index (κ2) is 7.68. The molecule has 2 aromatic rings. The molecule has 0 saturated heterocycles. The van der Waals surface area contributed by atoms with Crippen molar-refractivity contribution in [1.82, 2.24) is 10.6 Å². The van der Waals surface area contributed by atoms with Crippen LogP contribution in [0, 0.1) is 20.8 Å². The summed E-state index contributed by atoms with van der Waals surface area (Å²) >= 11 is 0. The molecule has 2 aromatic carbocycles. The molecule has 0 unspecified atom stereocenters. The van der Waals surface area contributed by atoms with Gasteiger partial charge in [-0.05, 0) is 55.2 Å². The zero-order valence-corrected chi connectivity index (χ0v) is 14.2. The van der Waals surface area contributed by atoms with Crippen LogP contribution >= 0.6 is 0 Å². The molecule has 4 nitrogen and oxygen atoms in total. The van der Waals surface area contributed by atoms with Crippen molar-refractivity contribution in [1.29, 1.82) is 0 Å². The van der Waals surface area contributed by atoms with E-state index in [-0.39, 0.29) is 6.03 Å². The van der Waals surface area contributed by atoms with Crippen molar-refractivity contribution < 1.29 is 9.53 Å². The number of carbonyl (C=O) groups excluding carboxylic acids is 1. The minimum atomic E-state index is -0.166. The van der Waals surface area contributed by atoms with Gasteiger partial charge in [0.25, 0.3) is 0 Å². The van der Waals surface area contributed by atoms with Crippen LogP contribution in [-0.2, 0) is 13.1 Å². The van der Waals surface area contributed by atoms with Crippen LogP contribution in [0.4, 0.5) is 4.79 Å². The van der Waals surface area contributed by atoms with E-state index in [4.69, 9.17) is 4.74 Å². The van der Waals surface area contributed by atoms with E-state index in [1.807, 2.05) is 24.3 Å². The van der Waals surface area contributed by atoms with Crippen LogP contribution in [0.1, 0.15) is 27.8 Å². The van der Waals surface area contributed by atoms with Crippen molar-refractivity contribution in [3.8, 4) is 5.75 Å². The van der Waals surface area contributed by atoms with E-state index in [2.05, 4.69) is 43.5 Å². The Bertz CT molecular complexity index is 655. The SMILES string of the molecule is COc1ccc(CNC(=O)NCc2c(C)cc(C)cc2C)cc1. The molecule has 0 aromatic heterocycles. The molecule has 0 heterocycles. The fourth-order valence-corrected chi connectivity index (χ4v) is 2.65. The Labute approximate surface area is 137 Å². The molecule has 2 rings (SSSR count). The Kier molecular flexibility index (Phi) is 5.63. The smallest absolute Gasteiger partial charge is 0.315 e. The third-order valence-electron chi connectivity index (χ3n) is 3.88. The first-order chi connectivity index (χ1) is 11.0. The number of nitrogens with one attached hydrogen (secondary N) is 2. The maximum absolute atomic E-state index is 12.0. The molecule has 23 heavy (non-hydrogen) atoms. The second-order valence-electron chi connectivity index (χ2n) is 5.76. The molecule has 0 aliphatic carbocycles. The lowest BCUT2D eigenvalue weighted by molar-refractivity contribution is 0.240. The highest BCUT2D eigenvalue weighted by atomic mass is 16.5. The number of hydrogen-bond donors (Lipinski definition) is 2. The monoisotopic (exact) mass is 312 g/mol. The molecule has 122 valence electrons. The van der Waals surface area contributed by atoms with E-state index in [0.717, 1.165) is 11.3 Å². The minimum Gasteiger partial charge on any atom is -0.497 e. The summed E-state index contributed by atoms with van der Waals surface area (Å²) in [6.07, 6.45) is 0. The average Bonchev–Trinajstić information content (AvgIpc) is 2.52. The van der Waals surface area contributed by atoms with Gasteiger partial charge < -0.3 is 15.4 Å². The van der Waals surface area contributed by atoms with E-state index < -0.39 is 0 Å². The van der Waals surface area contributed by atoms with Crippen LogP contribution in [0.25, 0.3) is 0 Å². The molecule has 0 aliphatic rings. The predicted octanol–water partition coefficient (Wildman–Crippen LogP) is 3.62. The van der Waals surface area contributed by atoms with Gasteiger partial charge in [-0.25, -0.2) is 4.79 Å². The number of urea groups is 1. The Balaban J connectivity index is 1.85. The van der Waals surface area contributed by atoms with Crippen molar-refractivity contribution >= 4 is 6.03 Å². The van der Waals surface area contributed by atoms with Crippen LogP contribution in [-0.4, -0.2) is 13.1 Å². The Hall–Kier alpha value is -2.49. The fraction of sp³-hybridized carbons (Fsp3) is 0.316. The zero-order chi connectivity index (χ0) is 16.8. The highest BCUT2D eigenvalue weighted by Crippen LogP contribution is 2.16. The molecule has 0 aliphatic heterocycles. The summed E-state index contributed by atoms with van der Waals surface area (Å²) in [6.45, 7) is 7.26. The highest BCUT2D eigenvalue weighted by Gasteiger charge is 2.06. The van der Waals surface area contributed by atoms with Gasteiger partial charge in [0.15, 0.2) is 0 Å². The largest absolute Gasteiger partial charge is 0.497 e. The van der Waals surface area contributed by atoms with Crippen LogP contribution in [0.2, 0.25) is 0 Å². The van der Waals surface area contributed by atoms with Crippen LogP contribution in [0.5, 0.6) is 5.75 Å². The molecule has 0 radical (unpaired) electrons. The van der Waals surface area contributed by atoms with Crippen LogP contribution in [0.15, 0.2) is 36.4 Å². The number of carbonyl (C=O) groups is 1. The van der Waals surface area contributed by atoms with Gasteiger partial charge in [0.1, 0.15) is 5.75 Å². The van der Waals surface area contributed by atoms with Gasteiger partial charge in [-0.15, -0.1) is 0 Å². The summed E-state index contributed by atoms with van der Waals surface area (Å²) in [7, 11) is 1.63. The topological polar surface area (TPSA) is 50.4 Å². The summed E-state index contributed by atoms with van der Waals surface area (Å²) < 4.78 is 5.11. The number of hydrogen-bond acceptors (Lipinski definition) is 2. The van der Waals surface area contributed by atoms with Gasteiger partial charge in [0.05, 0.1) is 7.11 Å². The third kappa shape index (κ3) is 4.74. The molecule has 0 saturated carbocycles.